The standard InChI is InChI=1S/C46H80O15P2/c1-3-5-7-9-11-13-15-17-18-19-20-21-23-25-27-29-31-35-45(50)57-39-42(40-60-63(55,56)59-38-41(47)37-58-62(52,53)54)61-46(51)36-32-34-44(49)43(48)33-30-28-26-24-22-16-14-12-10-8-6-4-2/h6,8,11-14,17-18,22,24,28,30,41-44,47-49H,3-5,7,9-10,15-16,19-21,23,25-27,29,31-40H2,1-2H3,(H,55,56)(H2,52,53,54)/b8-6-,13-11-,14-12-,18-17-,24-22-,30-28-/t41-,42+,43+,44+/m0/s1. The van der Waals surface area contributed by atoms with Crippen LogP contribution in [0.3, 0.4) is 0 Å². The van der Waals surface area contributed by atoms with Crippen molar-refractivity contribution in [1.82, 2.24) is 0 Å². The molecule has 63 heavy (non-hydrogen) atoms. The second-order valence-electron chi connectivity index (χ2n) is 15.2. The largest absolute Gasteiger partial charge is 0.472 e. The molecule has 0 amide bonds. The Labute approximate surface area is 377 Å². The number of hydrogen-bond acceptors (Lipinski definition) is 12. The van der Waals surface area contributed by atoms with Crippen LogP contribution in [0.25, 0.3) is 0 Å². The number of ether oxygens (including phenoxy) is 2. The monoisotopic (exact) mass is 934 g/mol. The van der Waals surface area contributed by atoms with Gasteiger partial charge in [0.2, 0.25) is 0 Å². The minimum atomic E-state index is -4.90. The number of hydrogen-bond donors (Lipinski definition) is 6. The molecule has 0 bridgehead atoms. The van der Waals surface area contributed by atoms with Crippen molar-refractivity contribution in [3.63, 3.8) is 0 Å². The molecule has 5 atom stereocenters. The Balaban J connectivity index is 4.75. The van der Waals surface area contributed by atoms with Crippen molar-refractivity contribution in [2.45, 2.75) is 180 Å². The highest BCUT2D eigenvalue weighted by molar-refractivity contribution is 7.47. The maximum atomic E-state index is 12.7. The summed E-state index contributed by atoms with van der Waals surface area (Å²) in [5.74, 6) is -1.33. The third-order valence-electron chi connectivity index (χ3n) is 9.27. The number of rotatable bonds is 42. The summed E-state index contributed by atoms with van der Waals surface area (Å²) in [4.78, 5) is 52.8. The fourth-order valence-corrected chi connectivity index (χ4v) is 6.86. The van der Waals surface area contributed by atoms with Crippen LogP contribution in [0.1, 0.15) is 155 Å². The van der Waals surface area contributed by atoms with E-state index >= 15 is 0 Å². The lowest BCUT2D eigenvalue weighted by molar-refractivity contribution is -0.161. The number of carbonyl (C=O) groups excluding carboxylic acids is 2. The van der Waals surface area contributed by atoms with Crippen molar-refractivity contribution in [3.05, 3.63) is 72.9 Å². The Morgan fingerprint density at radius 1 is 0.524 bits per heavy atom. The van der Waals surface area contributed by atoms with Crippen LogP contribution in [0.2, 0.25) is 0 Å². The van der Waals surface area contributed by atoms with Gasteiger partial charge in [-0.1, -0.05) is 132 Å². The third-order valence-corrected chi connectivity index (χ3v) is 10.7. The fraction of sp³-hybridized carbons (Fsp3) is 0.696. The molecule has 0 saturated heterocycles. The van der Waals surface area contributed by atoms with E-state index in [1.54, 1.807) is 6.08 Å². The molecule has 364 valence electrons. The molecule has 6 N–H and O–H groups in total. The molecule has 0 rings (SSSR count). The zero-order valence-electron chi connectivity index (χ0n) is 37.9. The van der Waals surface area contributed by atoms with Crippen molar-refractivity contribution < 1.29 is 71.8 Å². The van der Waals surface area contributed by atoms with E-state index in [1.807, 2.05) is 12.2 Å². The first kappa shape index (κ1) is 60.5. The van der Waals surface area contributed by atoms with Gasteiger partial charge < -0.3 is 39.5 Å². The third kappa shape index (κ3) is 43.2. The van der Waals surface area contributed by atoms with E-state index in [1.165, 1.54) is 19.3 Å². The van der Waals surface area contributed by atoms with Crippen LogP contribution in [0, 0.1) is 0 Å². The fourth-order valence-electron chi connectivity index (χ4n) is 5.70. The molecule has 0 aromatic heterocycles. The average Bonchev–Trinajstić information content (AvgIpc) is 3.24. The highest BCUT2D eigenvalue weighted by Gasteiger charge is 2.28. The van der Waals surface area contributed by atoms with E-state index in [-0.39, 0.29) is 32.1 Å². The number of aliphatic hydroxyl groups is 3. The predicted molar refractivity (Wildman–Crippen MR) is 246 cm³/mol. The Morgan fingerprint density at radius 2 is 1.02 bits per heavy atom. The van der Waals surface area contributed by atoms with Crippen molar-refractivity contribution in [1.29, 1.82) is 0 Å². The maximum Gasteiger partial charge on any atom is 0.472 e. The van der Waals surface area contributed by atoms with E-state index in [0.717, 1.165) is 77.0 Å². The minimum absolute atomic E-state index is 0.0857. The van der Waals surface area contributed by atoms with Gasteiger partial charge in [0.25, 0.3) is 0 Å². The van der Waals surface area contributed by atoms with Crippen molar-refractivity contribution in [3.8, 4) is 0 Å². The van der Waals surface area contributed by atoms with Gasteiger partial charge in [-0.3, -0.25) is 23.2 Å². The summed E-state index contributed by atoms with van der Waals surface area (Å²) in [6.45, 7) is 1.27. The minimum Gasteiger partial charge on any atom is -0.462 e. The van der Waals surface area contributed by atoms with E-state index in [2.05, 4.69) is 77.6 Å². The number of phosphoric ester groups is 2. The SMILES string of the molecule is CC/C=C\C/C=C\C/C=C\C/C=C\C[C@@H](O)[C@H](O)CCCC(=O)O[C@H](COC(=O)CCCCCCCCC/C=C\C/C=C\CCCCC)COP(=O)(O)OC[C@@H](O)COP(=O)(O)O. The number of carbonyl (C=O) groups is 2. The van der Waals surface area contributed by atoms with Crippen LogP contribution in [0.5, 0.6) is 0 Å². The van der Waals surface area contributed by atoms with E-state index in [4.69, 9.17) is 23.8 Å². The summed E-state index contributed by atoms with van der Waals surface area (Å²) in [5.41, 5.74) is 0. The quantitative estimate of drug-likeness (QED) is 0.0145. The van der Waals surface area contributed by atoms with Gasteiger partial charge in [0, 0.05) is 12.8 Å². The van der Waals surface area contributed by atoms with Gasteiger partial charge in [-0.15, -0.1) is 0 Å². The lowest BCUT2D eigenvalue weighted by Crippen LogP contribution is -2.30. The highest BCUT2D eigenvalue weighted by Crippen LogP contribution is 2.43. The molecule has 0 spiro atoms. The first-order chi connectivity index (χ1) is 30.2. The number of phosphoric acid groups is 2. The smallest absolute Gasteiger partial charge is 0.462 e. The van der Waals surface area contributed by atoms with E-state index < -0.39 is 78.4 Å². The maximum absolute atomic E-state index is 12.7. The van der Waals surface area contributed by atoms with Gasteiger partial charge >= 0.3 is 27.6 Å². The molecule has 1 unspecified atom stereocenters. The molecule has 0 aliphatic carbocycles. The second kappa shape index (κ2) is 40.9. The van der Waals surface area contributed by atoms with Crippen molar-refractivity contribution in [2.75, 3.05) is 26.4 Å². The first-order valence-electron chi connectivity index (χ1n) is 22.8. The number of allylic oxidation sites excluding steroid dienone is 11. The topological polar surface area (TPSA) is 236 Å². The molecule has 0 aliphatic heterocycles. The number of aliphatic hydroxyl groups excluding tert-OH is 3. The lowest BCUT2D eigenvalue weighted by atomic mass is 10.0. The number of esters is 2. The zero-order chi connectivity index (χ0) is 46.9. The van der Waals surface area contributed by atoms with Gasteiger partial charge in [-0.2, -0.15) is 0 Å². The number of unbranched alkanes of at least 4 members (excludes halogenated alkanes) is 10. The van der Waals surface area contributed by atoms with Crippen molar-refractivity contribution in [2.24, 2.45) is 0 Å². The van der Waals surface area contributed by atoms with Crippen LogP contribution in [0.4, 0.5) is 0 Å². The van der Waals surface area contributed by atoms with E-state index in [0.29, 0.717) is 12.8 Å². The average molecular weight is 935 g/mol. The zero-order valence-corrected chi connectivity index (χ0v) is 39.7. The summed E-state index contributed by atoms with van der Waals surface area (Å²) in [6.07, 6.45) is 37.7. The van der Waals surface area contributed by atoms with Gasteiger partial charge in [0.15, 0.2) is 6.10 Å². The van der Waals surface area contributed by atoms with Gasteiger partial charge in [-0.05, 0) is 83.5 Å². The molecular weight excluding hydrogens is 854 g/mol. The van der Waals surface area contributed by atoms with E-state index in [9.17, 15) is 38.9 Å². The van der Waals surface area contributed by atoms with Gasteiger partial charge in [0.1, 0.15) is 12.7 Å². The second-order valence-corrected chi connectivity index (χ2v) is 17.9. The molecule has 0 fully saturated rings. The first-order valence-corrected chi connectivity index (χ1v) is 25.8. The predicted octanol–water partition coefficient (Wildman–Crippen LogP) is 9.73. The molecule has 0 aromatic rings. The molecule has 17 heteroatoms. The molecule has 15 nitrogen and oxygen atoms in total. The molecular formula is C46H80O15P2. The normalized spacial score (nSPS) is 15.6. The Kier molecular flexibility index (Phi) is 39.3. The molecule has 0 saturated carbocycles. The van der Waals surface area contributed by atoms with Crippen LogP contribution in [-0.2, 0) is 41.8 Å². The van der Waals surface area contributed by atoms with Crippen LogP contribution in [0.15, 0.2) is 72.9 Å². The molecule has 0 aliphatic rings. The van der Waals surface area contributed by atoms with Crippen molar-refractivity contribution >= 4 is 27.6 Å². The summed E-state index contributed by atoms with van der Waals surface area (Å²) >= 11 is 0. The Bertz CT molecular complexity index is 1420. The highest BCUT2D eigenvalue weighted by atomic mass is 31.2. The Morgan fingerprint density at radius 3 is 1.60 bits per heavy atom. The van der Waals surface area contributed by atoms with Crippen LogP contribution < -0.4 is 0 Å². The molecule has 0 heterocycles. The van der Waals surface area contributed by atoms with Gasteiger partial charge in [-0.25, -0.2) is 9.13 Å². The summed E-state index contributed by atoms with van der Waals surface area (Å²) < 4.78 is 47.6. The van der Waals surface area contributed by atoms with Crippen LogP contribution in [-0.4, -0.2) is 92.8 Å². The van der Waals surface area contributed by atoms with Gasteiger partial charge in [0.05, 0.1) is 32.0 Å². The van der Waals surface area contributed by atoms with Crippen LogP contribution >= 0.6 is 15.6 Å². The summed E-state index contributed by atoms with van der Waals surface area (Å²) in [7, 11) is -9.80. The molecule has 0 aromatic carbocycles. The summed E-state index contributed by atoms with van der Waals surface area (Å²) in [5, 5.41) is 30.5. The lowest BCUT2D eigenvalue weighted by Gasteiger charge is -2.21. The summed E-state index contributed by atoms with van der Waals surface area (Å²) in [6, 6.07) is 0. The Hall–Kier alpha value is -2.52. The molecule has 0 radical (unpaired) electrons.